The van der Waals surface area contributed by atoms with E-state index in [9.17, 15) is 4.79 Å². The highest BCUT2D eigenvalue weighted by atomic mass is 16.2. The summed E-state index contributed by atoms with van der Waals surface area (Å²) in [5, 5.41) is 6.19. The number of nitrogens with one attached hydrogen (secondary N) is 2. The van der Waals surface area contributed by atoms with E-state index in [1.807, 2.05) is 41.3 Å². The van der Waals surface area contributed by atoms with Crippen LogP contribution in [0, 0.1) is 0 Å². The zero-order valence-corrected chi connectivity index (χ0v) is 18.7. The van der Waals surface area contributed by atoms with Gasteiger partial charge >= 0.3 is 6.03 Å². The summed E-state index contributed by atoms with van der Waals surface area (Å²) in [6.07, 6.45) is 3.27. The average Bonchev–Trinajstić information content (AvgIpc) is 2.80. The van der Waals surface area contributed by atoms with Crippen LogP contribution >= 0.6 is 0 Å². The molecule has 4 rings (SSSR count). The lowest BCUT2D eigenvalue weighted by Gasteiger charge is -2.35. The van der Waals surface area contributed by atoms with Crippen LogP contribution in [0.5, 0.6) is 0 Å². The van der Waals surface area contributed by atoms with Gasteiger partial charge in [0.05, 0.1) is 0 Å². The summed E-state index contributed by atoms with van der Waals surface area (Å²) in [5.74, 6) is 2.25. The third kappa shape index (κ3) is 5.32. The molecule has 2 N–H and O–H groups in total. The van der Waals surface area contributed by atoms with E-state index < -0.39 is 0 Å². The van der Waals surface area contributed by atoms with Crippen LogP contribution in [-0.4, -0.2) is 52.1 Å². The molecule has 1 saturated heterocycles. The van der Waals surface area contributed by atoms with Crippen molar-refractivity contribution in [3.63, 3.8) is 0 Å². The number of piperazine rings is 1. The third-order valence-electron chi connectivity index (χ3n) is 5.47. The van der Waals surface area contributed by atoms with Crippen molar-refractivity contribution in [1.82, 2.24) is 19.9 Å². The molecule has 2 aromatic heterocycles. The molecule has 3 heterocycles. The number of anilines is 4. The predicted octanol–water partition coefficient (Wildman–Crippen LogP) is 4.27. The Hall–Kier alpha value is -3.68. The van der Waals surface area contributed by atoms with Crippen molar-refractivity contribution in [3.05, 3.63) is 66.6 Å². The molecule has 0 bridgehead atoms. The number of carbonyl (C=O) groups is 1. The van der Waals surface area contributed by atoms with E-state index in [0.29, 0.717) is 32.0 Å². The first kappa shape index (κ1) is 21.5. The van der Waals surface area contributed by atoms with Crippen LogP contribution in [0.1, 0.15) is 26.3 Å². The minimum atomic E-state index is -0.0756. The molecule has 0 spiro atoms. The highest BCUT2D eigenvalue weighted by Gasteiger charge is 2.22. The lowest BCUT2D eigenvalue weighted by atomic mass is 9.87. The predicted molar refractivity (Wildman–Crippen MR) is 127 cm³/mol. The number of urea groups is 1. The summed E-state index contributed by atoms with van der Waals surface area (Å²) < 4.78 is 0. The zero-order chi connectivity index (χ0) is 22.6. The smallest absolute Gasteiger partial charge is 0.321 e. The van der Waals surface area contributed by atoms with Gasteiger partial charge in [-0.05, 0) is 35.2 Å². The van der Waals surface area contributed by atoms with Crippen molar-refractivity contribution < 1.29 is 4.79 Å². The van der Waals surface area contributed by atoms with E-state index in [1.165, 1.54) is 5.56 Å². The van der Waals surface area contributed by atoms with Gasteiger partial charge in [-0.3, -0.25) is 0 Å². The fourth-order valence-corrected chi connectivity index (χ4v) is 3.55. The summed E-state index contributed by atoms with van der Waals surface area (Å²) in [5.41, 5.74) is 2.14. The van der Waals surface area contributed by atoms with Crippen molar-refractivity contribution in [2.45, 2.75) is 26.2 Å². The van der Waals surface area contributed by atoms with E-state index in [0.717, 1.165) is 17.3 Å². The van der Waals surface area contributed by atoms with Crippen molar-refractivity contribution in [2.24, 2.45) is 0 Å². The lowest BCUT2D eigenvalue weighted by Crippen LogP contribution is -2.50. The second kappa shape index (κ2) is 9.21. The zero-order valence-electron chi connectivity index (χ0n) is 18.7. The molecule has 32 heavy (non-hydrogen) atoms. The number of carbonyl (C=O) groups excluding carboxylic acids is 1. The molecule has 1 aliphatic rings. The molecule has 0 aliphatic carbocycles. The summed E-state index contributed by atoms with van der Waals surface area (Å²) >= 11 is 0. The quantitative estimate of drug-likeness (QED) is 0.642. The SMILES string of the molecule is CC(C)(C)c1ccc(NC(=O)N2CCN(c3cc(Nc4ccccn4)ncn3)CC2)cc1. The van der Waals surface area contributed by atoms with Crippen LogP contribution in [-0.2, 0) is 5.41 Å². The normalized spacial score (nSPS) is 14.2. The van der Waals surface area contributed by atoms with E-state index in [2.05, 4.69) is 63.4 Å². The van der Waals surface area contributed by atoms with Gasteiger partial charge in [0.15, 0.2) is 0 Å². The molecule has 8 nitrogen and oxygen atoms in total. The van der Waals surface area contributed by atoms with Gasteiger partial charge in [0.2, 0.25) is 0 Å². The minimum Gasteiger partial charge on any atom is -0.353 e. The minimum absolute atomic E-state index is 0.0756. The van der Waals surface area contributed by atoms with E-state index in [-0.39, 0.29) is 11.4 Å². The molecule has 3 aromatic rings. The monoisotopic (exact) mass is 431 g/mol. The Labute approximate surface area is 188 Å². The van der Waals surface area contributed by atoms with Crippen LogP contribution in [0.3, 0.4) is 0 Å². The molecule has 0 unspecified atom stereocenters. The van der Waals surface area contributed by atoms with Gasteiger partial charge in [-0.1, -0.05) is 39.0 Å². The fraction of sp³-hybridized carbons (Fsp3) is 0.333. The van der Waals surface area contributed by atoms with Gasteiger partial charge in [0.25, 0.3) is 0 Å². The Morgan fingerprint density at radius 2 is 1.66 bits per heavy atom. The number of hydrogen-bond donors (Lipinski definition) is 2. The Bertz CT molecular complexity index is 1040. The van der Waals surface area contributed by atoms with Crippen LogP contribution in [0.4, 0.5) is 27.9 Å². The van der Waals surface area contributed by atoms with Crippen molar-refractivity contribution in [2.75, 3.05) is 41.7 Å². The molecular weight excluding hydrogens is 402 g/mol. The van der Waals surface area contributed by atoms with E-state index >= 15 is 0 Å². The number of amides is 2. The average molecular weight is 432 g/mol. The third-order valence-corrected chi connectivity index (χ3v) is 5.47. The first-order valence-corrected chi connectivity index (χ1v) is 10.8. The van der Waals surface area contributed by atoms with Crippen molar-refractivity contribution >= 4 is 29.2 Å². The molecule has 0 saturated carbocycles. The molecule has 2 amide bonds. The maximum Gasteiger partial charge on any atom is 0.321 e. The Morgan fingerprint density at radius 3 is 2.31 bits per heavy atom. The molecule has 1 aliphatic heterocycles. The molecule has 1 aromatic carbocycles. The lowest BCUT2D eigenvalue weighted by molar-refractivity contribution is 0.208. The number of aromatic nitrogens is 3. The molecule has 0 radical (unpaired) electrons. The number of hydrogen-bond acceptors (Lipinski definition) is 6. The second-order valence-electron chi connectivity index (χ2n) is 8.83. The van der Waals surface area contributed by atoms with Gasteiger partial charge in [-0.15, -0.1) is 0 Å². The molecule has 166 valence electrons. The summed E-state index contributed by atoms with van der Waals surface area (Å²) in [6, 6.07) is 15.6. The summed E-state index contributed by atoms with van der Waals surface area (Å²) in [6.45, 7) is 9.19. The summed E-state index contributed by atoms with van der Waals surface area (Å²) in [4.78, 5) is 29.6. The van der Waals surface area contributed by atoms with Crippen molar-refractivity contribution in [3.8, 4) is 0 Å². The number of pyridine rings is 1. The Balaban J connectivity index is 1.32. The first-order chi connectivity index (χ1) is 15.4. The van der Waals surface area contributed by atoms with E-state index in [1.54, 1.807) is 12.5 Å². The molecule has 8 heteroatoms. The molecular formula is C24H29N7O. The molecule has 1 fully saturated rings. The first-order valence-electron chi connectivity index (χ1n) is 10.8. The van der Waals surface area contributed by atoms with Gasteiger partial charge < -0.3 is 20.4 Å². The van der Waals surface area contributed by atoms with Gasteiger partial charge in [0, 0.05) is 44.1 Å². The highest BCUT2D eigenvalue weighted by molar-refractivity contribution is 5.89. The highest BCUT2D eigenvalue weighted by Crippen LogP contribution is 2.24. The number of nitrogens with zero attached hydrogens (tertiary/aromatic N) is 5. The fourth-order valence-electron chi connectivity index (χ4n) is 3.55. The van der Waals surface area contributed by atoms with Crippen LogP contribution in [0.2, 0.25) is 0 Å². The van der Waals surface area contributed by atoms with Crippen LogP contribution in [0.15, 0.2) is 61.1 Å². The van der Waals surface area contributed by atoms with Gasteiger partial charge in [-0.25, -0.2) is 19.7 Å². The van der Waals surface area contributed by atoms with E-state index in [4.69, 9.17) is 0 Å². The van der Waals surface area contributed by atoms with Gasteiger partial charge in [0.1, 0.15) is 23.8 Å². The van der Waals surface area contributed by atoms with Crippen LogP contribution < -0.4 is 15.5 Å². The number of rotatable bonds is 4. The number of benzene rings is 1. The molecule has 0 atom stereocenters. The Kier molecular flexibility index (Phi) is 6.20. The van der Waals surface area contributed by atoms with Crippen molar-refractivity contribution in [1.29, 1.82) is 0 Å². The second-order valence-corrected chi connectivity index (χ2v) is 8.83. The van der Waals surface area contributed by atoms with Gasteiger partial charge in [-0.2, -0.15) is 0 Å². The Morgan fingerprint density at radius 1 is 0.906 bits per heavy atom. The van der Waals surface area contributed by atoms with Crippen LogP contribution in [0.25, 0.3) is 0 Å². The standard InChI is InChI=1S/C24H29N7O/c1-24(2,3)18-7-9-19(10-8-18)28-23(32)31-14-12-30(13-15-31)22-16-21(26-17-27-22)29-20-6-4-5-11-25-20/h4-11,16-17H,12-15H2,1-3H3,(H,28,32)(H,25,26,27,29). The topological polar surface area (TPSA) is 86.3 Å². The largest absolute Gasteiger partial charge is 0.353 e. The maximum atomic E-state index is 12.7. The summed E-state index contributed by atoms with van der Waals surface area (Å²) in [7, 11) is 0. The maximum absolute atomic E-state index is 12.7.